The van der Waals surface area contributed by atoms with Gasteiger partial charge in [-0.05, 0) is 107 Å². The highest BCUT2D eigenvalue weighted by atomic mass is 28.3. The molecule has 0 atom stereocenters. The van der Waals surface area contributed by atoms with Gasteiger partial charge in [-0.15, -0.1) is 0 Å². The lowest BCUT2D eigenvalue weighted by atomic mass is 9.94. The van der Waals surface area contributed by atoms with E-state index < -0.39 is 8.07 Å². The van der Waals surface area contributed by atoms with E-state index in [2.05, 4.69) is 231 Å². The second-order valence-corrected chi connectivity index (χ2v) is 20.1. The summed E-state index contributed by atoms with van der Waals surface area (Å²) in [7, 11) is -2.78. The average molecular weight is 801 g/mol. The quantitative estimate of drug-likeness (QED) is 0.119. The van der Waals surface area contributed by atoms with E-state index in [0.717, 1.165) is 50.7 Å². The lowest BCUT2D eigenvalue weighted by Gasteiger charge is -2.34. The molecular formula is C56H44N4Si. The number of hydrogen-bond acceptors (Lipinski definition) is 2. The lowest BCUT2D eigenvalue weighted by molar-refractivity contribution is 1.01. The van der Waals surface area contributed by atoms with Crippen LogP contribution in [0.3, 0.4) is 0 Å². The third kappa shape index (κ3) is 5.65. The SMILES string of the molecule is Cc1nc(C)c(C)c(-c2cc(-n3c4ccccc4c4ccccc43)nc(-n3c4ccccc4c4cc([Si](c5ccccc5)(c5ccccc5)c5ccccc5)ccc43)c2)c1C. The molecule has 0 radical (unpaired) electrons. The summed E-state index contributed by atoms with van der Waals surface area (Å²) in [6.07, 6.45) is 0. The maximum absolute atomic E-state index is 5.68. The highest BCUT2D eigenvalue weighted by Gasteiger charge is 2.41. The molecule has 4 heterocycles. The number of nitrogens with zero attached hydrogens (tertiary/aromatic N) is 4. The molecule has 61 heavy (non-hydrogen) atoms. The molecule has 7 aromatic carbocycles. The molecule has 5 heteroatoms. The van der Waals surface area contributed by atoms with Crippen molar-refractivity contribution in [3.05, 3.63) is 217 Å². The fourth-order valence-electron chi connectivity index (χ4n) is 10.1. The van der Waals surface area contributed by atoms with Crippen LogP contribution in [0, 0.1) is 27.7 Å². The van der Waals surface area contributed by atoms with Gasteiger partial charge in [0.25, 0.3) is 0 Å². The topological polar surface area (TPSA) is 35.6 Å². The zero-order valence-corrected chi connectivity index (χ0v) is 35.8. The van der Waals surface area contributed by atoms with Crippen LogP contribution in [0.5, 0.6) is 0 Å². The molecule has 11 aromatic rings. The molecule has 4 nitrogen and oxygen atoms in total. The predicted octanol–water partition coefficient (Wildman–Crippen LogP) is 10.9. The van der Waals surface area contributed by atoms with Crippen LogP contribution in [0.25, 0.3) is 66.4 Å². The maximum Gasteiger partial charge on any atom is 0.179 e. The summed E-state index contributed by atoms with van der Waals surface area (Å²) in [5.41, 5.74) is 11.3. The summed E-state index contributed by atoms with van der Waals surface area (Å²) in [6.45, 7) is 8.65. The van der Waals surface area contributed by atoms with Crippen molar-refractivity contribution in [3.63, 3.8) is 0 Å². The minimum Gasteiger partial charge on any atom is -0.294 e. The van der Waals surface area contributed by atoms with Crippen molar-refractivity contribution in [2.75, 3.05) is 0 Å². The van der Waals surface area contributed by atoms with E-state index in [1.165, 1.54) is 59.0 Å². The number of pyridine rings is 2. The standard InChI is InChI=1S/C56H44N4Si/c1-37-39(3)57-40(4)38(2)56(37)41-34-54(59-50-29-17-14-26-46(50)47-27-15-18-30-51(47)59)58-55(35-41)60-52-31-19-16-28-48(52)49-36-45(32-33-53(49)60)61(42-20-8-5-9-21-42,43-22-10-6-11-23-43)44-24-12-7-13-25-44/h5-36H,1-4H3. The second-order valence-electron chi connectivity index (χ2n) is 16.3. The first-order valence-corrected chi connectivity index (χ1v) is 23.1. The summed E-state index contributed by atoms with van der Waals surface area (Å²) < 4.78 is 4.73. The summed E-state index contributed by atoms with van der Waals surface area (Å²) in [5, 5.41) is 10.2. The Morgan fingerprint density at radius 1 is 0.344 bits per heavy atom. The number of aryl methyl sites for hydroxylation is 2. The van der Waals surface area contributed by atoms with Gasteiger partial charge >= 0.3 is 0 Å². The summed E-state index contributed by atoms with van der Waals surface area (Å²) >= 11 is 0. The molecule has 0 aliphatic carbocycles. The Balaban J connectivity index is 1.24. The second kappa shape index (κ2) is 14.4. The normalized spacial score (nSPS) is 11.9. The monoisotopic (exact) mass is 800 g/mol. The van der Waals surface area contributed by atoms with E-state index in [-0.39, 0.29) is 0 Å². The van der Waals surface area contributed by atoms with E-state index in [9.17, 15) is 0 Å². The largest absolute Gasteiger partial charge is 0.294 e. The molecule has 0 saturated heterocycles. The van der Waals surface area contributed by atoms with Crippen molar-refractivity contribution < 1.29 is 0 Å². The van der Waals surface area contributed by atoms with Gasteiger partial charge in [0.2, 0.25) is 0 Å². The third-order valence-corrected chi connectivity index (χ3v) is 17.8. The first-order valence-electron chi connectivity index (χ1n) is 21.1. The number of aromatic nitrogens is 4. The van der Waals surface area contributed by atoms with Crippen LogP contribution in [-0.2, 0) is 0 Å². The van der Waals surface area contributed by atoms with Crippen molar-refractivity contribution in [1.29, 1.82) is 0 Å². The molecule has 0 amide bonds. The van der Waals surface area contributed by atoms with Crippen LogP contribution >= 0.6 is 0 Å². The van der Waals surface area contributed by atoms with Gasteiger partial charge in [-0.1, -0.05) is 158 Å². The van der Waals surface area contributed by atoms with Crippen molar-refractivity contribution in [3.8, 4) is 22.8 Å². The molecule has 0 N–H and O–H groups in total. The number of para-hydroxylation sites is 3. The molecule has 4 aromatic heterocycles. The molecule has 0 saturated carbocycles. The van der Waals surface area contributed by atoms with Gasteiger partial charge in [-0.3, -0.25) is 14.1 Å². The van der Waals surface area contributed by atoms with Crippen molar-refractivity contribution in [2.45, 2.75) is 27.7 Å². The Labute approximate surface area is 357 Å². The third-order valence-electron chi connectivity index (χ3n) is 13.0. The Kier molecular flexibility index (Phi) is 8.69. The molecule has 0 aliphatic heterocycles. The van der Waals surface area contributed by atoms with Crippen molar-refractivity contribution >= 4 is 72.4 Å². The molecule has 292 valence electrons. The zero-order valence-electron chi connectivity index (χ0n) is 34.8. The highest BCUT2D eigenvalue weighted by molar-refractivity contribution is 7.20. The summed E-state index contributed by atoms with van der Waals surface area (Å²) in [6, 6.07) is 71.5. The maximum atomic E-state index is 5.68. The fourth-order valence-corrected chi connectivity index (χ4v) is 14.8. The van der Waals surface area contributed by atoms with Gasteiger partial charge in [-0.2, -0.15) is 0 Å². The van der Waals surface area contributed by atoms with Gasteiger partial charge in [-0.25, -0.2) is 4.98 Å². The van der Waals surface area contributed by atoms with E-state index in [4.69, 9.17) is 9.97 Å². The van der Waals surface area contributed by atoms with Crippen LogP contribution < -0.4 is 20.7 Å². The van der Waals surface area contributed by atoms with Gasteiger partial charge < -0.3 is 0 Å². The number of fused-ring (bicyclic) bond motifs is 6. The number of hydrogen-bond donors (Lipinski definition) is 0. The Morgan fingerprint density at radius 3 is 1.16 bits per heavy atom. The fraction of sp³-hybridized carbons (Fsp3) is 0.0714. The first-order chi connectivity index (χ1) is 29.9. The molecule has 0 aliphatic rings. The minimum absolute atomic E-state index is 0.872. The minimum atomic E-state index is -2.78. The molecular weight excluding hydrogens is 757 g/mol. The van der Waals surface area contributed by atoms with Crippen LogP contribution in [-0.4, -0.2) is 27.2 Å². The zero-order chi connectivity index (χ0) is 41.2. The van der Waals surface area contributed by atoms with Gasteiger partial charge in [0.15, 0.2) is 8.07 Å². The summed E-state index contributed by atoms with van der Waals surface area (Å²) in [4.78, 5) is 10.6. The van der Waals surface area contributed by atoms with Gasteiger partial charge in [0, 0.05) is 32.9 Å². The van der Waals surface area contributed by atoms with Crippen LogP contribution in [0.4, 0.5) is 0 Å². The molecule has 0 fully saturated rings. The highest BCUT2D eigenvalue weighted by Crippen LogP contribution is 2.38. The van der Waals surface area contributed by atoms with Gasteiger partial charge in [0.1, 0.15) is 11.6 Å². The Morgan fingerprint density at radius 2 is 0.721 bits per heavy atom. The van der Waals surface area contributed by atoms with Crippen LogP contribution in [0.15, 0.2) is 194 Å². The van der Waals surface area contributed by atoms with Gasteiger partial charge in [0.05, 0.1) is 22.1 Å². The predicted molar refractivity (Wildman–Crippen MR) is 259 cm³/mol. The summed E-state index contributed by atoms with van der Waals surface area (Å²) in [5.74, 6) is 1.75. The van der Waals surface area contributed by atoms with Crippen molar-refractivity contribution in [2.24, 2.45) is 0 Å². The molecule has 11 rings (SSSR count). The van der Waals surface area contributed by atoms with E-state index in [1.54, 1.807) is 0 Å². The Bertz CT molecular complexity index is 3280. The van der Waals surface area contributed by atoms with E-state index in [1.807, 2.05) is 0 Å². The first kappa shape index (κ1) is 36.7. The smallest absolute Gasteiger partial charge is 0.179 e. The molecule has 0 spiro atoms. The Hall–Kier alpha value is -7.34. The average Bonchev–Trinajstić information content (AvgIpc) is 3.83. The van der Waals surface area contributed by atoms with E-state index in [0.29, 0.717) is 0 Å². The van der Waals surface area contributed by atoms with E-state index >= 15 is 0 Å². The molecule has 0 bridgehead atoms. The molecule has 0 unspecified atom stereocenters. The van der Waals surface area contributed by atoms with Crippen LogP contribution in [0.1, 0.15) is 22.5 Å². The van der Waals surface area contributed by atoms with Crippen LogP contribution in [0.2, 0.25) is 0 Å². The number of benzene rings is 7. The lowest BCUT2D eigenvalue weighted by Crippen LogP contribution is -2.74. The van der Waals surface area contributed by atoms with Crippen molar-refractivity contribution in [1.82, 2.24) is 19.1 Å². The number of rotatable bonds is 7.